The summed E-state index contributed by atoms with van der Waals surface area (Å²) in [6.07, 6.45) is 1.08. The summed E-state index contributed by atoms with van der Waals surface area (Å²) in [4.78, 5) is 0. The summed E-state index contributed by atoms with van der Waals surface area (Å²) >= 11 is 0. The van der Waals surface area contributed by atoms with Crippen LogP contribution >= 0.6 is 0 Å². The molecule has 3 rings (SSSR count). The molecular weight excluding hydrogens is 244 g/mol. The second kappa shape index (κ2) is 5.10. The van der Waals surface area contributed by atoms with Gasteiger partial charge in [-0.1, -0.05) is 36.4 Å². The third-order valence-electron chi connectivity index (χ3n) is 3.59. The van der Waals surface area contributed by atoms with Gasteiger partial charge in [0.25, 0.3) is 0 Å². The Balaban J connectivity index is 1.57. The molecule has 1 aliphatic carbocycles. The molecule has 0 amide bonds. The number of nitrogens with one attached hydrogen (secondary N) is 1. The van der Waals surface area contributed by atoms with E-state index in [9.17, 15) is 8.78 Å². The first-order valence-corrected chi connectivity index (χ1v) is 6.46. The van der Waals surface area contributed by atoms with E-state index in [0.717, 1.165) is 12.5 Å². The van der Waals surface area contributed by atoms with Crippen molar-refractivity contribution >= 4 is 0 Å². The van der Waals surface area contributed by atoms with Gasteiger partial charge in [-0.3, -0.25) is 0 Å². The maximum Gasteiger partial charge on any atom is 0.130 e. The van der Waals surface area contributed by atoms with Crippen LogP contribution in [0.5, 0.6) is 0 Å². The zero-order chi connectivity index (χ0) is 13.2. The molecule has 2 unspecified atom stereocenters. The number of hydrogen-bond donors (Lipinski definition) is 1. The Hall–Kier alpha value is -1.74. The van der Waals surface area contributed by atoms with Crippen molar-refractivity contribution in [3.63, 3.8) is 0 Å². The molecule has 98 valence electrons. The SMILES string of the molecule is Fc1ccc(CNC2CC2c2ccccc2)c(F)c1. The maximum absolute atomic E-state index is 13.5. The van der Waals surface area contributed by atoms with Gasteiger partial charge in [0.1, 0.15) is 11.6 Å². The zero-order valence-electron chi connectivity index (χ0n) is 10.4. The summed E-state index contributed by atoms with van der Waals surface area (Å²) < 4.78 is 26.2. The van der Waals surface area contributed by atoms with E-state index < -0.39 is 11.6 Å². The predicted octanol–water partition coefficient (Wildman–Crippen LogP) is 3.61. The molecule has 1 aliphatic rings. The first-order valence-electron chi connectivity index (χ1n) is 6.46. The van der Waals surface area contributed by atoms with Gasteiger partial charge in [-0.05, 0) is 18.1 Å². The van der Waals surface area contributed by atoms with Crippen LogP contribution in [0.3, 0.4) is 0 Å². The molecule has 0 aromatic heterocycles. The smallest absolute Gasteiger partial charge is 0.130 e. The molecule has 19 heavy (non-hydrogen) atoms. The molecule has 0 aliphatic heterocycles. The third kappa shape index (κ3) is 2.82. The average molecular weight is 259 g/mol. The van der Waals surface area contributed by atoms with Gasteiger partial charge >= 0.3 is 0 Å². The van der Waals surface area contributed by atoms with Crippen molar-refractivity contribution in [2.75, 3.05) is 0 Å². The normalized spacial score (nSPS) is 21.4. The third-order valence-corrected chi connectivity index (χ3v) is 3.59. The summed E-state index contributed by atoms with van der Waals surface area (Å²) in [5, 5.41) is 3.32. The van der Waals surface area contributed by atoms with Crippen LogP contribution in [0.2, 0.25) is 0 Å². The minimum Gasteiger partial charge on any atom is -0.309 e. The van der Waals surface area contributed by atoms with Gasteiger partial charge in [-0.2, -0.15) is 0 Å². The van der Waals surface area contributed by atoms with E-state index in [1.54, 1.807) is 0 Å². The van der Waals surface area contributed by atoms with Crippen LogP contribution in [0, 0.1) is 11.6 Å². The Morgan fingerprint density at radius 3 is 2.58 bits per heavy atom. The molecule has 2 aromatic carbocycles. The molecule has 0 bridgehead atoms. The van der Waals surface area contributed by atoms with Gasteiger partial charge in [0, 0.05) is 30.1 Å². The highest BCUT2D eigenvalue weighted by molar-refractivity contribution is 5.28. The molecule has 2 aromatic rings. The van der Waals surface area contributed by atoms with Gasteiger partial charge in [-0.25, -0.2) is 8.78 Å². The number of rotatable bonds is 4. The zero-order valence-corrected chi connectivity index (χ0v) is 10.4. The van der Waals surface area contributed by atoms with E-state index in [1.165, 1.54) is 17.7 Å². The van der Waals surface area contributed by atoms with Gasteiger partial charge in [-0.15, -0.1) is 0 Å². The Labute approximate surface area is 111 Å². The van der Waals surface area contributed by atoms with Crippen LogP contribution in [0.4, 0.5) is 8.78 Å². The van der Waals surface area contributed by atoms with Crippen molar-refractivity contribution in [3.8, 4) is 0 Å². The second-order valence-electron chi connectivity index (χ2n) is 4.98. The van der Waals surface area contributed by atoms with E-state index >= 15 is 0 Å². The number of benzene rings is 2. The van der Waals surface area contributed by atoms with Crippen LogP contribution in [0.15, 0.2) is 48.5 Å². The van der Waals surface area contributed by atoms with Gasteiger partial charge in [0.15, 0.2) is 0 Å². The minimum absolute atomic E-state index is 0.395. The first-order chi connectivity index (χ1) is 9.24. The van der Waals surface area contributed by atoms with Crippen molar-refractivity contribution in [2.24, 2.45) is 0 Å². The molecule has 1 nitrogen and oxygen atoms in total. The van der Waals surface area contributed by atoms with Crippen LogP contribution in [-0.2, 0) is 6.54 Å². The number of halogens is 2. The molecule has 2 atom stereocenters. The van der Waals surface area contributed by atoms with Crippen LogP contribution in [0.1, 0.15) is 23.5 Å². The van der Waals surface area contributed by atoms with Crippen LogP contribution in [-0.4, -0.2) is 6.04 Å². The summed E-state index contributed by atoms with van der Waals surface area (Å²) in [7, 11) is 0. The fourth-order valence-electron chi connectivity index (χ4n) is 2.40. The van der Waals surface area contributed by atoms with Gasteiger partial charge in [0.2, 0.25) is 0 Å². The molecule has 0 heterocycles. The second-order valence-corrected chi connectivity index (χ2v) is 4.98. The molecule has 0 spiro atoms. The highest BCUT2D eigenvalue weighted by Gasteiger charge is 2.37. The predicted molar refractivity (Wildman–Crippen MR) is 70.8 cm³/mol. The summed E-state index contributed by atoms with van der Waals surface area (Å²) in [5.41, 5.74) is 1.83. The van der Waals surface area contributed by atoms with Crippen molar-refractivity contribution in [1.29, 1.82) is 0 Å². The van der Waals surface area contributed by atoms with E-state index in [4.69, 9.17) is 0 Å². The Morgan fingerprint density at radius 1 is 1.05 bits per heavy atom. The Bertz CT molecular complexity index is 568. The lowest BCUT2D eigenvalue weighted by Gasteiger charge is -2.06. The summed E-state index contributed by atoms with van der Waals surface area (Å²) in [6.45, 7) is 0.445. The standard InChI is InChI=1S/C16H15F2N/c17-13-7-6-12(15(18)8-13)10-19-16-9-14(16)11-4-2-1-3-5-11/h1-8,14,16,19H,9-10H2. The summed E-state index contributed by atoms with van der Waals surface area (Å²) in [6, 6.07) is 14.4. The van der Waals surface area contributed by atoms with Crippen molar-refractivity contribution in [2.45, 2.75) is 24.9 Å². The highest BCUT2D eigenvalue weighted by Crippen LogP contribution is 2.40. The maximum atomic E-state index is 13.5. The van der Waals surface area contributed by atoms with E-state index in [0.29, 0.717) is 24.1 Å². The van der Waals surface area contributed by atoms with Crippen molar-refractivity contribution in [3.05, 3.63) is 71.3 Å². The Morgan fingerprint density at radius 2 is 1.84 bits per heavy atom. The molecule has 1 saturated carbocycles. The molecule has 3 heteroatoms. The van der Waals surface area contributed by atoms with E-state index in [1.807, 2.05) is 18.2 Å². The van der Waals surface area contributed by atoms with E-state index in [2.05, 4.69) is 17.4 Å². The number of hydrogen-bond acceptors (Lipinski definition) is 1. The molecule has 0 saturated heterocycles. The average Bonchev–Trinajstić information content (AvgIpc) is 3.18. The highest BCUT2D eigenvalue weighted by atomic mass is 19.1. The lowest BCUT2D eigenvalue weighted by Crippen LogP contribution is -2.18. The summed E-state index contributed by atoms with van der Waals surface area (Å²) in [5.74, 6) is -0.496. The monoisotopic (exact) mass is 259 g/mol. The first kappa shape index (κ1) is 12.3. The molecule has 1 N–H and O–H groups in total. The Kier molecular flexibility index (Phi) is 3.30. The van der Waals surface area contributed by atoms with Crippen LogP contribution in [0.25, 0.3) is 0 Å². The molecule has 1 fully saturated rings. The lowest BCUT2D eigenvalue weighted by atomic mass is 10.1. The minimum atomic E-state index is -0.533. The topological polar surface area (TPSA) is 12.0 Å². The quantitative estimate of drug-likeness (QED) is 0.884. The fourth-order valence-corrected chi connectivity index (χ4v) is 2.40. The van der Waals surface area contributed by atoms with Gasteiger partial charge in [0.05, 0.1) is 0 Å². The van der Waals surface area contributed by atoms with Crippen molar-refractivity contribution < 1.29 is 8.78 Å². The largest absolute Gasteiger partial charge is 0.309 e. The molecular formula is C16H15F2N. The lowest BCUT2D eigenvalue weighted by molar-refractivity contribution is 0.558. The van der Waals surface area contributed by atoms with Crippen molar-refractivity contribution in [1.82, 2.24) is 5.32 Å². The van der Waals surface area contributed by atoms with E-state index in [-0.39, 0.29) is 0 Å². The van der Waals surface area contributed by atoms with Crippen LogP contribution < -0.4 is 5.32 Å². The fraction of sp³-hybridized carbons (Fsp3) is 0.250. The van der Waals surface area contributed by atoms with Gasteiger partial charge < -0.3 is 5.32 Å². The molecule has 0 radical (unpaired) electrons.